The first-order chi connectivity index (χ1) is 27.1. The van der Waals surface area contributed by atoms with Gasteiger partial charge in [-0.1, -0.05) is 12.1 Å². The van der Waals surface area contributed by atoms with Crippen molar-refractivity contribution in [1.82, 2.24) is 10.2 Å². The second-order valence-corrected chi connectivity index (χ2v) is 14.4. The number of hydrogen-bond acceptors (Lipinski definition) is 6. The first-order valence-electron chi connectivity index (χ1n) is 16.9. The Bertz CT molecular complexity index is 2230. The summed E-state index contributed by atoms with van der Waals surface area (Å²) in [5, 5.41) is 8.37. The Labute approximate surface area is 341 Å². The molecule has 0 bridgehead atoms. The van der Waals surface area contributed by atoms with Crippen molar-refractivity contribution >= 4 is 61.0 Å². The molecule has 2 aliphatic heterocycles. The van der Waals surface area contributed by atoms with E-state index in [1.807, 2.05) is 6.07 Å². The Kier molecular flexibility index (Phi) is 13.4. The van der Waals surface area contributed by atoms with Crippen LogP contribution in [0.1, 0.15) is 54.1 Å². The number of methoxy groups -OCH3 is 2. The summed E-state index contributed by atoms with van der Waals surface area (Å²) in [6.07, 6.45) is -13.3. The fraction of sp³-hybridized carbons (Fsp3) is 0.289. The van der Waals surface area contributed by atoms with Crippen LogP contribution in [0.2, 0.25) is 0 Å². The number of hydrogen-bond donors (Lipinski definition) is 3. The van der Waals surface area contributed by atoms with E-state index in [0.717, 1.165) is 61.5 Å². The van der Waals surface area contributed by atoms with Gasteiger partial charge in [-0.15, -0.1) is 0 Å². The van der Waals surface area contributed by atoms with Gasteiger partial charge >= 0.3 is 24.4 Å². The van der Waals surface area contributed by atoms with Crippen LogP contribution in [0, 0.1) is 0 Å². The average Bonchev–Trinajstić information content (AvgIpc) is 3.18. The van der Waals surface area contributed by atoms with E-state index in [1.54, 1.807) is 12.1 Å². The summed E-state index contributed by atoms with van der Waals surface area (Å²) in [7, 11) is 2.23. The Morgan fingerprint density at radius 1 is 0.672 bits per heavy atom. The van der Waals surface area contributed by atoms with Gasteiger partial charge in [0.05, 0.1) is 36.7 Å². The SMILES string of the molecule is COc1ccc(C(=O)Nc2ccc3c(c2Br)CN(C(=O)C(F)(F)F)CC3)cc1C(F)(F)F.COc1ccc(C(=O)Nc2ccc3c(c2Br)CNCC3)cc1C(F)(F)F. The topological polar surface area (TPSA) is 109 Å². The highest BCUT2D eigenvalue weighted by Gasteiger charge is 2.43. The number of nitrogens with one attached hydrogen (secondary N) is 3. The predicted octanol–water partition coefficient (Wildman–Crippen LogP) is 9.55. The van der Waals surface area contributed by atoms with Crippen molar-refractivity contribution in [2.24, 2.45) is 0 Å². The zero-order valence-electron chi connectivity index (χ0n) is 30.2. The van der Waals surface area contributed by atoms with Crippen LogP contribution in [-0.2, 0) is 43.1 Å². The number of carbonyl (C=O) groups excluding carboxylic acids is 3. The number of benzene rings is 4. The first kappa shape index (κ1) is 44.3. The molecule has 2 aliphatic rings. The van der Waals surface area contributed by atoms with Crippen molar-refractivity contribution < 1.29 is 63.4 Å². The van der Waals surface area contributed by atoms with Gasteiger partial charge in [0.2, 0.25) is 0 Å². The fourth-order valence-electron chi connectivity index (χ4n) is 6.19. The normalized spacial score (nSPS) is 14.0. The summed E-state index contributed by atoms with van der Waals surface area (Å²) in [5.41, 5.74) is 1.43. The van der Waals surface area contributed by atoms with E-state index in [0.29, 0.717) is 34.3 Å². The Morgan fingerprint density at radius 3 is 1.59 bits per heavy atom. The lowest BCUT2D eigenvalue weighted by Crippen LogP contribution is -2.43. The lowest BCUT2D eigenvalue weighted by Gasteiger charge is -2.30. The molecule has 0 spiro atoms. The molecule has 0 fully saturated rings. The summed E-state index contributed by atoms with van der Waals surface area (Å²) >= 11 is 6.71. The number of rotatable bonds is 6. The molecular formula is C38H31Br2F9N4O5. The largest absolute Gasteiger partial charge is 0.496 e. The summed E-state index contributed by atoms with van der Waals surface area (Å²) in [6.45, 7) is 1.10. The molecule has 0 saturated carbocycles. The molecule has 2 heterocycles. The number of alkyl halides is 9. The molecule has 0 aromatic heterocycles. The maximum Gasteiger partial charge on any atom is 0.471 e. The van der Waals surface area contributed by atoms with Gasteiger partial charge < -0.3 is 30.3 Å². The van der Waals surface area contributed by atoms with E-state index in [9.17, 15) is 53.9 Å². The second-order valence-electron chi connectivity index (χ2n) is 12.8. The van der Waals surface area contributed by atoms with Crippen LogP contribution in [0.3, 0.4) is 0 Å². The van der Waals surface area contributed by atoms with Gasteiger partial charge in [-0.2, -0.15) is 39.5 Å². The molecular weight excluding hydrogens is 923 g/mol. The first-order valence-corrected chi connectivity index (χ1v) is 18.5. The summed E-state index contributed by atoms with van der Waals surface area (Å²) < 4.78 is 128. The van der Waals surface area contributed by atoms with Crippen molar-refractivity contribution in [2.75, 3.05) is 37.9 Å². The standard InChI is InChI=1S/C20H15BrF6N2O3.C18H16BrF3N2O2/c1-32-15-5-3-11(8-13(15)19(22,23)24)17(30)28-14-4-2-10-6-7-29(9-12(10)16(14)21)18(31)20(25,26)27;1-26-15-5-3-11(8-13(15)18(20,21)22)17(25)24-14-4-2-10-6-7-23-9-12(10)16(14)19/h2-5,8H,6-7,9H2,1H3,(H,28,30);2-5,8,23H,6-7,9H2,1H3,(H,24,25). The smallest absolute Gasteiger partial charge is 0.471 e. The Hall–Kier alpha value is -4.82. The van der Waals surface area contributed by atoms with E-state index in [1.165, 1.54) is 17.7 Å². The molecule has 3 N–H and O–H groups in total. The maximum absolute atomic E-state index is 13.2. The van der Waals surface area contributed by atoms with Crippen molar-refractivity contribution in [3.8, 4) is 11.5 Å². The highest BCUT2D eigenvalue weighted by Crippen LogP contribution is 2.39. The van der Waals surface area contributed by atoms with Crippen LogP contribution in [0.15, 0.2) is 69.6 Å². The van der Waals surface area contributed by atoms with E-state index in [-0.39, 0.29) is 46.5 Å². The molecule has 3 amide bonds. The lowest BCUT2D eigenvalue weighted by atomic mass is 9.98. The van der Waals surface area contributed by atoms with Crippen LogP contribution in [0.5, 0.6) is 11.5 Å². The number of halogens is 11. The third-order valence-electron chi connectivity index (χ3n) is 9.11. The van der Waals surface area contributed by atoms with Gasteiger partial charge in [0.25, 0.3) is 11.8 Å². The third-order valence-corrected chi connectivity index (χ3v) is 10.9. The molecule has 0 radical (unpaired) electrons. The van der Waals surface area contributed by atoms with Gasteiger partial charge in [-0.3, -0.25) is 14.4 Å². The van der Waals surface area contributed by atoms with E-state index >= 15 is 0 Å². The van der Waals surface area contributed by atoms with Crippen LogP contribution in [-0.4, -0.2) is 56.1 Å². The molecule has 9 nitrogen and oxygen atoms in total. The zero-order chi connectivity index (χ0) is 42.7. The number of anilines is 2. The minimum Gasteiger partial charge on any atom is -0.496 e. The number of ether oxygens (including phenoxy) is 2. The molecule has 4 aromatic carbocycles. The highest BCUT2D eigenvalue weighted by molar-refractivity contribution is 9.11. The summed E-state index contributed by atoms with van der Waals surface area (Å²) in [5.74, 6) is -4.23. The fourth-order valence-corrected chi connectivity index (χ4v) is 7.43. The van der Waals surface area contributed by atoms with E-state index in [4.69, 9.17) is 4.74 Å². The van der Waals surface area contributed by atoms with Crippen LogP contribution < -0.4 is 25.4 Å². The number of amides is 3. The lowest BCUT2D eigenvalue weighted by molar-refractivity contribution is -0.186. The summed E-state index contributed by atoms with van der Waals surface area (Å²) in [4.78, 5) is 37.2. The number of fused-ring (bicyclic) bond motifs is 2. The summed E-state index contributed by atoms with van der Waals surface area (Å²) in [6, 6.07) is 12.8. The molecule has 0 aliphatic carbocycles. The molecule has 20 heteroatoms. The molecule has 4 aromatic rings. The molecule has 58 heavy (non-hydrogen) atoms. The zero-order valence-corrected chi connectivity index (χ0v) is 33.3. The van der Waals surface area contributed by atoms with Crippen LogP contribution in [0.25, 0.3) is 0 Å². The van der Waals surface area contributed by atoms with Crippen molar-refractivity contribution in [2.45, 2.75) is 44.5 Å². The molecule has 6 rings (SSSR count). The van der Waals surface area contributed by atoms with Gasteiger partial charge in [-0.25, -0.2) is 0 Å². The molecule has 310 valence electrons. The Balaban J connectivity index is 0.000000226. The van der Waals surface area contributed by atoms with Gasteiger partial charge in [-0.05, 0) is 122 Å². The minimum atomic E-state index is -5.01. The van der Waals surface area contributed by atoms with Gasteiger partial charge in [0.15, 0.2) is 0 Å². The Morgan fingerprint density at radius 2 is 1.14 bits per heavy atom. The van der Waals surface area contributed by atoms with Crippen LogP contribution in [0.4, 0.5) is 50.9 Å². The van der Waals surface area contributed by atoms with E-state index < -0.39 is 53.1 Å². The van der Waals surface area contributed by atoms with Gasteiger partial charge in [0, 0.05) is 39.7 Å². The molecule has 0 saturated heterocycles. The third kappa shape index (κ3) is 10.1. The monoisotopic (exact) mass is 952 g/mol. The quantitative estimate of drug-likeness (QED) is 0.166. The van der Waals surface area contributed by atoms with Crippen molar-refractivity contribution in [3.63, 3.8) is 0 Å². The molecule has 0 unspecified atom stereocenters. The maximum atomic E-state index is 13.2. The van der Waals surface area contributed by atoms with Crippen molar-refractivity contribution in [1.29, 1.82) is 0 Å². The second kappa shape index (κ2) is 17.6. The molecule has 0 atom stereocenters. The average molecular weight is 954 g/mol. The van der Waals surface area contributed by atoms with Crippen LogP contribution >= 0.6 is 31.9 Å². The van der Waals surface area contributed by atoms with Crippen molar-refractivity contribution in [3.05, 3.63) is 114 Å². The highest BCUT2D eigenvalue weighted by atomic mass is 79.9. The minimum absolute atomic E-state index is 0.0964. The number of carbonyl (C=O) groups is 3. The number of nitrogens with zero attached hydrogens (tertiary/aromatic N) is 1. The van der Waals surface area contributed by atoms with Gasteiger partial charge in [0.1, 0.15) is 11.5 Å². The predicted molar refractivity (Wildman–Crippen MR) is 201 cm³/mol. The van der Waals surface area contributed by atoms with E-state index in [2.05, 4.69) is 52.5 Å².